The van der Waals surface area contributed by atoms with E-state index in [4.69, 9.17) is 0 Å². The van der Waals surface area contributed by atoms with Crippen LogP contribution in [0.5, 0.6) is 0 Å². The van der Waals surface area contributed by atoms with E-state index < -0.39 is 0 Å². The summed E-state index contributed by atoms with van der Waals surface area (Å²) in [5.74, 6) is 0.0525. The third-order valence-corrected chi connectivity index (χ3v) is 4.05. The molecule has 1 amide bonds. The fraction of sp³-hybridized carbons (Fsp3) is 0.444. The number of nitrogens with zero attached hydrogens (tertiary/aromatic N) is 3. The molecular formula is C18H24N4O2. The predicted molar refractivity (Wildman–Crippen MR) is 91.7 cm³/mol. The van der Waals surface area contributed by atoms with Crippen LogP contribution in [0.3, 0.4) is 0 Å². The number of ketones is 1. The predicted octanol–water partition coefficient (Wildman–Crippen LogP) is 2.61. The Morgan fingerprint density at radius 3 is 2.50 bits per heavy atom. The van der Waals surface area contributed by atoms with Gasteiger partial charge in [-0.1, -0.05) is 19.9 Å². The molecule has 6 nitrogen and oxygen atoms in total. The second-order valence-electron chi connectivity index (χ2n) is 6.34. The molecule has 2 aromatic heterocycles. The van der Waals surface area contributed by atoms with Crippen molar-refractivity contribution < 1.29 is 9.59 Å². The van der Waals surface area contributed by atoms with Gasteiger partial charge in [0.25, 0.3) is 0 Å². The highest BCUT2D eigenvalue weighted by Gasteiger charge is 2.21. The Hall–Kier alpha value is -2.50. The van der Waals surface area contributed by atoms with Crippen LogP contribution in [-0.2, 0) is 11.3 Å². The zero-order valence-electron chi connectivity index (χ0n) is 14.8. The molecule has 0 radical (unpaired) electrons. The van der Waals surface area contributed by atoms with E-state index >= 15 is 0 Å². The number of aryl methyl sites for hydroxylation is 1. The van der Waals surface area contributed by atoms with E-state index in [1.54, 1.807) is 24.0 Å². The van der Waals surface area contributed by atoms with Gasteiger partial charge in [0.1, 0.15) is 6.54 Å². The minimum Gasteiger partial charge on any atom is -0.347 e. The van der Waals surface area contributed by atoms with Crippen molar-refractivity contribution in [3.05, 3.63) is 47.0 Å². The molecular weight excluding hydrogens is 304 g/mol. The van der Waals surface area contributed by atoms with Gasteiger partial charge in [-0.05, 0) is 38.3 Å². The zero-order chi connectivity index (χ0) is 17.9. The van der Waals surface area contributed by atoms with E-state index in [1.807, 2.05) is 19.1 Å². The highest BCUT2D eigenvalue weighted by molar-refractivity contribution is 5.96. The lowest BCUT2D eigenvalue weighted by Gasteiger charge is -2.22. The molecule has 0 aliphatic rings. The van der Waals surface area contributed by atoms with Crippen molar-refractivity contribution in [2.75, 3.05) is 0 Å². The molecule has 0 aliphatic carbocycles. The third kappa shape index (κ3) is 3.88. The van der Waals surface area contributed by atoms with Gasteiger partial charge in [0.05, 0.1) is 17.3 Å². The Kier molecular flexibility index (Phi) is 5.49. The molecule has 0 unspecified atom stereocenters. The molecule has 2 heterocycles. The van der Waals surface area contributed by atoms with Crippen molar-refractivity contribution in [1.82, 2.24) is 20.1 Å². The van der Waals surface area contributed by atoms with Gasteiger partial charge in [0.2, 0.25) is 5.91 Å². The molecule has 0 spiro atoms. The van der Waals surface area contributed by atoms with Gasteiger partial charge in [0, 0.05) is 18.1 Å². The Morgan fingerprint density at radius 1 is 1.29 bits per heavy atom. The van der Waals surface area contributed by atoms with Crippen LogP contribution in [0.2, 0.25) is 0 Å². The lowest BCUT2D eigenvalue weighted by Crippen LogP contribution is -2.34. The van der Waals surface area contributed by atoms with Gasteiger partial charge >= 0.3 is 0 Å². The standard InChI is InChI=1S/C18H24N4O2/c1-11(2)18(15-7-6-8-19-9-15)20-16(24)10-22-13(4)17(14(5)23)12(3)21-22/h6-9,11,18H,10H2,1-5H3,(H,20,24)/t18-/m1/s1. The number of aromatic nitrogens is 3. The Labute approximate surface area is 142 Å². The number of hydrogen-bond acceptors (Lipinski definition) is 4. The van der Waals surface area contributed by atoms with Gasteiger partial charge < -0.3 is 5.32 Å². The fourth-order valence-corrected chi connectivity index (χ4v) is 2.91. The molecule has 1 N–H and O–H groups in total. The molecule has 128 valence electrons. The number of pyridine rings is 1. The van der Waals surface area contributed by atoms with Crippen molar-refractivity contribution >= 4 is 11.7 Å². The second kappa shape index (κ2) is 7.38. The van der Waals surface area contributed by atoms with E-state index in [1.165, 1.54) is 6.92 Å². The number of rotatable bonds is 6. The normalized spacial score (nSPS) is 12.2. The lowest BCUT2D eigenvalue weighted by molar-refractivity contribution is -0.123. The van der Waals surface area contributed by atoms with E-state index in [9.17, 15) is 9.59 Å². The molecule has 0 saturated carbocycles. The van der Waals surface area contributed by atoms with Crippen molar-refractivity contribution in [2.24, 2.45) is 5.92 Å². The molecule has 2 aromatic rings. The molecule has 2 rings (SSSR count). The van der Waals surface area contributed by atoms with Crippen LogP contribution in [0.1, 0.15) is 54.1 Å². The van der Waals surface area contributed by atoms with Crippen LogP contribution in [0, 0.1) is 19.8 Å². The summed E-state index contributed by atoms with van der Waals surface area (Å²) in [6.07, 6.45) is 3.48. The Balaban J connectivity index is 2.15. The van der Waals surface area contributed by atoms with E-state index in [2.05, 4.69) is 29.2 Å². The number of nitrogens with one attached hydrogen (secondary N) is 1. The SMILES string of the molecule is CC(=O)c1c(C)nn(CC(=O)N[C@@H](c2cccnc2)C(C)C)c1C. The minimum atomic E-state index is -0.141. The molecule has 0 saturated heterocycles. The second-order valence-corrected chi connectivity index (χ2v) is 6.34. The van der Waals surface area contributed by atoms with Gasteiger partial charge in [0.15, 0.2) is 5.78 Å². The summed E-state index contributed by atoms with van der Waals surface area (Å²) in [5, 5.41) is 7.36. The molecule has 0 bridgehead atoms. The fourth-order valence-electron chi connectivity index (χ4n) is 2.91. The first-order valence-corrected chi connectivity index (χ1v) is 8.05. The zero-order valence-corrected chi connectivity index (χ0v) is 14.8. The quantitative estimate of drug-likeness (QED) is 0.827. The maximum absolute atomic E-state index is 12.5. The number of Topliss-reactive ketones (excluding diaryl/α,β-unsaturated/α-hetero) is 1. The van der Waals surface area contributed by atoms with E-state index in [0.29, 0.717) is 11.3 Å². The summed E-state index contributed by atoms with van der Waals surface area (Å²) in [6, 6.07) is 3.70. The van der Waals surface area contributed by atoms with Crippen LogP contribution < -0.4 is 5.32 Å². The number of carbonyl (C=O) groups is 2. The van der Waals surface area contributed by atoms with Crippen LogP contribution in [0.25, 0.3) is 0 Å². The lowest BCUT2D eigenvalue weighted by atomic mass is 9.97. The van der Waals surface area contributed by atoms with Gasteiger partial charge in [-0.2, -0.15) is 5.10 Å². The van der Waals surface area contributed by atoms with Gasteiger partial charge in [-0.15, -0.1) is 0 Å². The first-order valence-electron chi connectivity index (χ1n) is 8.05. The van der Waals surface area contributed by atoms with E-state index in [0.717, 1.165) is 11.3 Å². The largest absolute Gasteiger partial charge is 0.347 e. The maximum Gasteiger partial charge on any atom is 0.242 e. The summed E-state index contributed by atoms with van der Waals surface area (Å²) < 4.78 is 1.59. The molecule has 6 heteroatoms. The highest BCUT2D eigenvalue weighted by atomic mass is 16.2. The average Bonchev–Trinajstić information content (AvgIpc) is 2.79. The highest BCUT2D eigenvalue weighted by Crippen LogP contribution is 2.21. The first-order chi connectivity index (χ1) is 11.3. The van der Waals surface area contributed by atoms with Crippen LogP contribution in [-0.4, -0.2) is 26.5 Å². The average molecular weight is 328 g/mol. The summed E-state index contributed by atoms with van der Waals surface area (Å²) in [6.45, 7) is 9.29. The van der Waals surface area contributed by atoms with Crippen LogP contribution in [0.4, 0.5) is 0 Å². The van der Waals surface area contributed by atoms with Crippen molar-refractivity contribution in [1.29, 1.82) is 0 Å². The smallest absolute Gasteiger partial charge is 0.242 e. The topological polar surface area (TPSA) is 76.9 Å². The van der Waals surface area contributed by atoms with Crippen molar-refractivity contribution in [3.8, 4) is 0 Å². The van der Waals surface area contributed by atoms with Gasteiger partial charge in [-0.25, -0.2) is 0 Å². The van der Waals surface area contributed by atoms with E-state index in [-0.39, 0.29) is 30.2 Å². The first kappa shape index (κ1) is 17.8. The minimum absolute atomic E-state index is 0.0351. The summed E-state index contributed by atoms with van der Waals surface area (Å²) in [5.41, 5.74) is 2.94. The Bertz CT molecular complexity index is 735. The monoisotopic (exact) mass is 328 g/mol. The number of amides is 1. The summed E-state index contributed by atoms with van der Waals surface area (Å²) >= 11 is 0. The van der Waals surface area contributed by atoms with Crippen molar-refractivity contribution in [3.63, 3.8) is 0 Å². The Morgan fingerprint density at radius 2 is 2.00 bits per heavy atom. The maximum atomic E-state index is 12.5. The third-order valence-electron chi connectivity index (χ3n) is 4.05. The van der Waals surface area contributed by atoms with Crippen molar-refractivity contribution in [2.45, 2.75) is 47.2 Å². The number of carbonyl (C=O) groups excluding carboxylic acids is 2. The molecule has 0 fully saturated rings. The molecule has 0 aromatic carbocycles. The molecule has 1 atom stereocenters. The summed E-state index contributed by atoms with van der Waals surface area (Å²) in [4.78, 5) is 28.3. The van der Waals surface area contributed by atoms with Crippen LogP contribution in [0.15, 0.2) is 24.5 Å². The molecule has 24 heavy (non-hydrogen) atoms. The number of hydrogen-bond donors (Lipinski definition) is 1. The van der Waals surface area contributed by atoms with Gasteiger partial charge in [-0.3, -0.25) is 19.3 Å². The molecule has 0 aliphatic heterocycles. The van der Waals surface area contributed by atoms with Crippen LogP contribution >= 0.6 is 0 Å². The summed E-state index contributed by atoms with van der Waals surface area (Å²) in [7, 11) is 0.